The summed E-state index contributed by atoms with van der Waals surface area (Å²) in [7, 11) is 0. The maximum atomic E-state index is 10.5. The maximum absolute atomic E-state index is 10.5. The number of benzene rings is 1. The van der Waals surface area contributed by atoms with Gasteiger partial charge in [-0.2, -0.15) is 0 Å². The molecule has 0 bridgehead atoms. The van der Waals surface area contributed by atoms with Gasteiger partial charge in [0.15, 0.2) is 0 Å². The summed E-state index contributed by atoms with van der Waals surface area (Å²) in [6.45, 7) is 0. The summed E-state index contributed by atoms with van der Waals surface area (Å²) in [5.41, 5.74) is 1.09. The van der Waals surface area contributed by atoms with Crippen molar-refractivity contribution in [1.29, 1.82) is 0 Å². The highest BCUT2D eigenvalue weighted by atomic mass is 35.5. The quantitative estimate of drug-likeness (QED) is 0.484. The van der Waals surface area contributed by atoms with Gasteiger partial charge in [-0.3, -0.25) is 10.1 Å². The van der Waals surface area contributed by atoms with Crippen LogP contribution in [-0.2, 0) is 5.75 Å². The van der Waals surface area contributed by atoms with E-state index in [1.165, 1.54) is 23.9 Å². The number of nitrogens with zero attached hydrogens (tertiary/aromatic N) is 2. The lowest BCUT2D eigenvalue weighted by Gasteiger charge is -2.02. The van der Waals surface area contributed by atoms with Gasteiger partial charge in [0.2, 0.25) is 0 Å². The smallest absolute Gasteiger partial charge is 0.258 e. The SMILES string of the molecule is O=[N+]([O-])c1ccc(CSc2ncccc2Cl)cc1. The molecule has 1 heterocycles. The molecule has 18 heavy (non-hydrogen) atoms. The standard InChI is InChI=1S/C12H9ClN2O2S/c13-11-2-1-7-14-12(11)18-8-9-3-5-10(6-4-9)15(16)17/h1-7H,8H2. The Hall–Kier alpha value is -1.59. The molecule has 2 rings (SSSR count). The molecule has 0 atom stereocenters. The van der Waals surface area contributed by atoms with E-state index < -0.39 is 4.92 Å². The molecular formula is C12H9ClN2O2S. The van der Waals surface area contributed by atoms with E-state index in [0.29, 0.717) is 10.8 Å². The molecule has 0 aliphatic rings. The molecule has 0 fully saturated rings. The van der Waals surface area contributed by atoms with Crippen LogP contribution in [0.2, 0.25) is 5.02 Å². The summed E-state index contributed by atoms with van der Waals surface area (Å²) in [5.74, 6) is 0.675. The van der Waals surface area contributed by atoms with Crippen molar-refractivity contribution in [3.05, 3.63) is 63.3 Å². The highest BCUT2D eigenvalue weighted by Gasteiger charge is 2.05. The summed E-state index contributed by atoms with van der Waals surface area (Å²) in [4.78, 5) is 14.3. The second-order valence-electron chi connectivity index (χ2n) is 3.50. The Kier molecular flexibility index (Phi) is 4.17. The number of hydrogen-bond acceptors (Lipinski definition) is 4. The molecule has 0 aliphatic heterocycles. The van der Waals surface area contributed by atoms with Crippen molar-refractivity contribution in [2.24, 2.45) is 0 Å². The number of thioether (sulfide) groups is 1. The van der Waals surface area contributed by atoms with Crippen LogP contribution in [0.4, 0.5) is 5.69 Å². The Morgan fingerprint density at radius 1 is 1.28 bits per heavy atom. The van der Waals surface area contributed by atoms with Gasteiger partial charge >= 0.3 is 0 Å². The van der Waals surface area contributed by atoms with E-state index in [1.807, 2.05) is 0 Å². The molecule has 1 aromatic heterocycles. The van der Waals surface area contributed by atoms with Crippen molar-refractivity contribution in [2.75, 3.05) is 0 Å². The Bertz CT molecular complexity index is 560. The van der Waals surface area contributed by atoms with E-state index in [1.54, 1.807) is 30.5 Å². The average Bonchev–Trinajstić information content (AvgIpc) is 2.38. The number of nitro groups is 1. The van der Waals surface area contributed by atoms with Crippen molar-refractivity contribution in [3.8, 4) is 0 Å². The van der Waals surface area contributed by atoms with E-state index in [0.717, 1.165) is 10.6 Å². The van der Waals surface area contributed by atoms with Gasteiger partial charge in [-0.15, -0.1) is 11.8 Å². The zero-order valence-electron chi connectivity index (χ0n) is 9.25. The molecule has 1 aromatic carbocycles. The number of pyridine rings is 1. The molecule has 4 nitrogen and oxygen atoms in total. The summed E-state index contributed by atoms with van der Waals surface area (Å²) < 4.78 is 0. The molecule has 0 N–H and O–H groups in total. The van der Waals surface area contributed by atoms with Crippen molar-refractivity contribution < 1.29 is 4.92 Å². The number of rotatable bonds is 4. The first-order valence-electron chi connectivity index (χ1n) is 5.13. The van der Waals surface area contributed by atoms with Gasteiger partial charge in [-0.1, -0.05) is 23.7 Å². The van der Waals surface area contributed by atoms with Crippen molar-refractivity contribution in [3.63, 3.8) is 0 Å². The van der Waals surface area contributed by atoms with Crippen LogP contribution >= 0.6 is 23.4 Å². The van der Waals surface area contributed by atoms with E-state index >= 15 is 0 Å². The van der Waals surface area contributed by atoms with E-state index in [4.69, 9.17) is 11.6 Å². The Labute approximate surface area is 113 Å². The normalized spacial score (nSPS) is 10.3. The molecule has 0 spiro atoms. The third-order valence-corrected chi connectivity index (χ3v) is 3.74. The van der Waals surface area contributed by atoms with Gasteiger partial charge < -0.3 is 0 Å². The Morgan fingerprint density at radius 2 is 2.00 bits per heavy atom. The van der Waals surface area contributed by atoms with Crippen LogP contribution in [0, 0.1) is 10.1 Å². The highest BCUT2D eigenvalue weighted by molar-refractivity contribution is 7.98. The number of non-ortho nitro benzene ring substituents is 1. The summed E-state index contributed by atoms with van der Waals surface area (Å²) in [6, 6.07) is 10.0. The fourth-order valence-corrected chi connectivity index (χ4v) is 2.47. The third-order valence-electron chi connectivity index (χ3n) is 2.25. The topological polar surface area (TPSA) is 56.0 Å². The van der Waals surface area contributed by atoms with Gasteiger partial charge in [0.05, 0.1) is 9.95 Å². The fourth-order valence-electron chi connectivity index (χ4n) is 1.34. The predicted octanol–water partition coefficient (Wildman–Crippen LogP) is 3.94. The molecule has 0 unspecified atom stereocenters. The zero-order chi connectivity index (χ0) is 13.0. The minimum atomic E-state index is -0.410. The second-order valence-corrected chi connectivity index (χ2v) is 4.87. The molecule has 2 aromatic rings. The Morgan fingerprint density at radius 3 is 2.61 bits per heavy atom. The van der Waals surface area contributed by atoms with E-state index in [2.05, 4.69) is 4.98 Å². The van der Waals surface area contributed by atoms with Crippen LogP contribution < -0.4 is 0 Å². The number of halogens is 1. The van der Waals surface area contributed by atoms with Crippen LogP contribution in [0.1, 0.15) is 5.56 Å². The van der Waals surface area contributed by atoms with Crippen molar-refractivity contribution >= 4 is 29.1 Å². The monoisotopic (exact) mass is 280 g/mol. The largest absolute Gasteiger partial charge is 0.269 e. The lowest BCUT2D eigenvalue weighted by molar-refractivity contribution is -0.384. The summed E-state index contributed by atoms with van der Waals surface area (Å²) in [5, 5.41) is 11.9. The first-order chi connectivity index (χ1) is 8.66. The first kappa shape index (κ1) is 12.9. The van der Waals surface area contributed by atoms with Crippen LogP contribution in [0.3, 0.4) is 0 Å². The number of nitro benzene ring substituents is 1. The molecule has 0 aliphatic carbocycles. The molecule has 0 amide bonds. The van der Waals surface area contributed by atoms with Gasteiger partial charge in [0, 0.05) is 24.1 Å². The van der Waals surface area contributed by atoms with Crippen LogP contribution in [0.5, 0.6) is 0 Å². The second kappa shape index (κ2) is 5.84. The van der Waals surface area contributed by atoms with Crippen LogP contribution in [0.15, 0.2) is 47.6 Å². The molecule has 0 radical (unpaired) electrons. The average molecular weight is 281 g/mol. The lowest BCUT2D eigenvalue weighted by atomic mass is 10.2. The van der Waals surface area contributed by atoms with Gasteiger partial charge in [0.1, 0.15) is 5.03 Å². The highest BCUT2D eigenvalue weighted by Crippen LogP contribution is 2.27. The molecule has 6 heteroatoms. The Balaban J connectivity index is 2.02. The maximum Gasteiger partial charge on any atom is 0.269 e. The lowest BCUT2D eigenvalue weighted by Crippen LogP contribution is -1.88. The van der Waals surface area contributed by atoms with Gasteiger partial charge in [-0.05, 0) is 17.7 Å². The van der Waals surface area contributed by atoms with E-state index in [9.17, 15) is 10.1 Å². The number of aromatic nitrogens is 1. The first-order valence-corrected chi connectivity index (χ1v) is 6.50. The fraction of sp³-hybridized carbons (Fsp3) is 0.0833. The molecule has 92 valence electrons. The predicted molar refractivity (Wildman–Crippen MR) is 71.9 cm³/mol. The van der Waals surface area contributed by atoms with Gasteiger partial charge in [-0.25, -0.2) is 4.98 Å². The number of hydrogen-bond donors (Lipinski definition) is 0. The minimum absolute atomic E-state index is 0.0969. The molecule has 0 saturated carbocycles. The van der Waals surface area contributed by atoms with E-state index in [-0.39, 0.29) is 5.69 Å². The van der Waals surface area contributed by atoms with Crippen LogP contribution in [-0.4, -0.2) is 9.91 Å². The third kappa shape index (κ3) is 3.21. The minimum Gasteiger partial charge on any atom is -0.258 e. The molecule has 0 saturated heterocycles. The summed E-state index contributed by atoms with van der Waals surface area (Å²) >= 11 is 7.49. The molecular weight excluding hydrogens is 272 g/mol. The summed E-state index contributed by atoms with van der Waals surface area (Å²) in [6.07, 6.45) is 1.68. The van der Waals surface area contributed by atoms with Crippen molar-refractivity contribution in [1.82, 2.24) is 4.98 Å². The van der Waals surface area contributed by atoms with Gasteiger partial charge in [0.25, 0.3) is 5.69 Å². The zero-order valence-corrected chi connectivity index (χ0v) is 10.8. The van der Waals surface area contributed by atoms with Crippen molar-refractivity contribution in [2.45, 2.75) is 10.8 Å². The van der Waals surface area contributed by atoms with Crippen LogP contribution in [0.25, 0.3) is 0 Å².